The number of aromatic nitrogens is 4. The predicted octanol–water partition coefficient (Wildman–Crippen LogP) is 7.81. The number of fused-ring (bicyclic) bond motifs is 8. The smallest absolute Gasteiger partial charge is 0.303 e. The number of allylic oxidation sites excluding steroid dienone is 4. The first-order valence-electron chi connectivity index (χ1n) is 13.9. The van der Waals surface area contributed by atoms with E-state index < -0.39 is 11.9 Å². The van der Waals surface area contributed by atoms with Crippen LogP contribution < -0.4 is 0 Å². The van der Waals surface area contributed by atoms with Gasteiger partial charge in [-0.25, -0.2) is 9.97 Å². The second-order valence-corrected chi connectivity index (χ2v) is 10.7. The van der Waals surface area contributed by atoms with Gasteiger partial charge in [0.05, 0.1) is 22.8 Å². The van der Waals surface area contributed by atoms with E-state index in [0.29, 0.717) is 24.2 Å². The van der Waals surface area contributed by atoms with E-state index in [4.69, 9.17) is 9.97 Å². The van der Waals surface area contributed by atoms with Crippen LogP contribution in [0.5, 0.6) is 0 Å². The van der Waals surface area contributed by atoms with Crippen LogP contribution in [0, 0.1) is 13.8 Å². The molecule has 225 valence electrons. The Hall–Kier alpha value is -4.24. The van der Waals surface area contributed by atoms with Crippen LogP contribution in [0.15, 0.2) is 37.4 Å². The van der Waals surface area contributed by atoms with Gasteiger partial charge >= 0.3 is 11.9 Å². The fourth-order valence-electron chi connectivity index (χ4n) is 5.77. The number of hydrogen-bond acceptors (Lipinski definition) is 4. The summed E-state index contributed by atoms with van der Waals surface area (Å²) in [5.41, 5.74) is 13.7. The van der Waals surface area contributed by atoms with Gasteiger partial charge in [-0.05, 0) is 98.2 Å². The minimum atomic E-state index is -0.889. The molecular weight excluding hydrogens is 725 g/mol. The van der Waals surface area contributed by atoms with E-state index in [9.17, 15) is 19.8 Å². The van der Waals surface area contributed by atoms with Gasteiger partial charge in [-0.1, -0.05) is 25.3 Å². The number of carboxylic acids is 2. The second kappa shape index (κ2) is 12.6. The maximum absolute atomic E-state index is 11.5. The van der Waals surface area contributed by atoms with E-state index in [1.54, 1.807) is 0 Å². The molecule has 8 bridgehead atoms. The Labute approximate surface area is 265 Å². The fraction of sp³-hybridized carbons (Fsp3) is 0.235. The summed E-state index contributed by atoms with van der Waals surface area (Å²) in [6, 6.07) is 7.88. The molecule has 0 unspecified atom stereocenters. The number of nitrogens with zero attached hydrogens (tertiary/aromatic N) is 2. The van der Waals surface area contributed by atoms with Crippen LogP contribution in [0.2, 0.25) is 0 Å². The van der Waals surface area contributed by atoms with Crippen molar-refractivity contribution in [1.29, 1.82) is 0 Å². The van der Waals surface area contributed by atoms with Gasteiger partial charge in [-0.2, -0.15) is 0 Å². The van der Waals surface area contributed by atoms with E-state index in [0.717, 1.165) is 78.0 Å². The molecule has 3 aromatic rings. The molecular formula is C34H34AuN4O4. The van der Waals surface area contributed by atoms with Crippen LogP contribution in [-0.4, -0.2) is 42.1 Å². The Bertz CT molecular complexity index is 1920. The zero-order valence-corrected chi connectivity index (χ0v) is 26.8. The van der Waals surface area contributed by atoms with Crippen LogP contribution in [0.25, 0.3) is 56.5 Å². The number of aryl methyl sites for hydroxylation is 2. The van der Waals surface area contributed by atoms with Crippen molar-refractivity contribution in [2.45, 2.75) is 53.4 Å². The van der Waals surface area contributed by atoms with Crippen molar-refractivity contribution in [3.63, 3.8) is 0 Å². The Morgan fingerprint density at radius 2 is 1.07 bits per heavy atom. The van der Waals surface area contributed by atoms with Gasteiger partial charge in [-0.15, -0.1) is 0 Å². The molecule has 0 aliphatic carbocycles. The van der Waals surface area contributed by atoms with E-state index in [1.807, 2.05) is 58.0 Å². The van der Waals surface area contributed by atoms with Crippen molar-refractivity contribution >= 4 is 68.4 Å². The second-order valence-electron chi connectivity index (χ2n) is 10.7. The molecule has 0 fully saturated rings. The van der Waals surface area contributed by atoms with E-state index >= 15 is 0 Å². The summed E-state index contributed by atoms with van der Waals surface area (Å²) in [5.74, 6) is -1.78. The molecule has 0 aromatic carbocycles. The van der Waals surface area contributed by atoms with Crippen LogP contribution >= 0.6 is 0 Å². The Morgan fingerprint density at radius 1 is 0.674 bits per heavy atom. The average Bonchev–Trinajstić information content (AvgIpc) is 3.59. The molecule has 8 nitrogen and oxygen atoms in total. The summed E-state index contributed by atoms with van der Waals surface area (Å²) in [5, 5.41) is 18.9. The molecule has 4 N–H and O–H groups in total. The normalized spacial score (nSPS) is 12.7. The molecule has 1 radical (unpaired) electrons. The van der Waals surface area contributed by atoms with Crippen molar-refractivity contribution in [1.82, 2.24) is 19.9 Å². The van der Waals surface area contributed by atoms with Gasteiger partial charge < -0.3 is 20.2 Å². The molecule has 0 saturated carbocycles. The first-order valence-corrected chi connectivity index (χ1v) is 13.9. The summed E-state index contributed by atoms with van der Waals surface area (Å²) in [7, 11) is 0. The third-order valence-corrected chi connectivity index (χ3v) is 8.22. The van der Waals surface area contributed by atoms with Crippen LogP contribution in [0.4, 0.5) is 0 Å². The molecule has 0 saturated heterocycles. The SMILES string of the molecule is C=Cc1c(C)c2cc3[nH]c(cc4nc(cc5nc(cc1[nH]2)C(C)=C5CCC(=O)O)C(CCC(=O)O)=C4C)c(C)c3C=C.[Au]. The summed E-state index contributed by atoms with van der Waals surface area (Å²) in [6.07, 6.45) is 4.20. The van der Waals surface area contributed by atoms with E-state index in [1.165, 1.54) is 0 Å². The number of nitrogens with one attached hydrogen (secondary N) is 2. The first-order chi connectivity index (χ1) is 20.0. The Morgan fingerprint density at radius 3 is 1.49 bits per heavy atom. The standard InChI is InChI=1S/C34H34N4O4.Au/c1-7-21-17(3)25-13-26-19(5)23(9-11-33(39)40)31(37-26)16-32-24(10-12-34(41)42)20(6)28(38-32)15-30-22(8-2)18(4)27(36-30)14-29(21)35-25;/h7-8,13-16,35-36H,1-2,9-12H2,3-6H3,(H,39,40)(H,41,42);. The van der Waals surface area contributed by atoms with Crippen molar-refractivity contribution < 1.29 is 42.2 Å². The van der Waals surface area contributed by atoms with E-state index in [2.05, 4.69) is 29.2 Å². The average molecular weight is 760 g/mol. The molecule has 0 amide bonds. The van der Waals surface area contributed by atoms with Crippen LogP contribution in [0.3, 0.4) is 0 Å². The van der Waals surface area contributed by atoms with Crippen LogP contribution in [0.1, 0.15) is 84.6 Å². The number of carboxylic acid groups (broad SMARTS) is 2. The van der Waals surface area contributed by atoms with Crippen LogP contribution in [-0.2, 0) is 32.0 Å². The Balaban J connectivity index is 0.00000423. The van der Waals surface area contributed by atoms with Crippen molar-refractivity contribution in [2.75, 3.05) is 0 Å². The molecule has 0 spiro atoms. The predicted molar refractivity (Wildman–Crippen MR) is 169 cm³/mol. The third-order valence-electron chi connectivity index (χ3n) is 8.22. The summed E-state index contributed by atoms with van der Waals surface area (Å²) < 4.78 is 0. The minimum absolute atomic E-state index is 0. The zero-order valence-electron chi connectivity index (χ0n) is 24.6. The number of H-pyrrole nitrogens is 2. The van der Waals surface area contributed by atoms with Crippen molar-refractivity contribution in [3.05, 3.63) is 82.5 Å². The molecule has 3 aromatic heterocycles. The van der Waals surface area contributed by atoms with Gasteiger partial charge in [0.1, 0.15) is 0 Å². The number of aromatic amines is 2. The Kier molecular flexibility index (Phi) is 9.25. The molecule has 0 atom stereocenters. The molecule has 2 aliphatic rings. The summed E-state index contributed by atoms with van der Waals surface area (Å²) in [6.45, 7) is 16.1. The number of carbonyl (C=O) groups is 2. The fourth-order valence-corrected chi connectivity index (χ4v) is 5.77. The molecule has 9 heteroatoms. The number of aliphatic carboxylic acids is 2. The van der Waals surface area contributed by atoms with Gasteiger partial charge in [0.25, 0.3) is 0 Å². The van der Waals surface area contributed by atoms with Gasteiger partial charge in [0.2, 0.25) is 0 Å². The topological polar surface area (TPSA) is 132 Å². The first kappa shape index (κ1) is 31.7. The minimum Gasteiger partial charge on any atom is -0.481 e. The molecule has 5 heterocycles. The maximum atomic E-state index is 11.5. The third kappa shape index (κ3) is 5.99. The molecule has 43 heavy (non-hydrogen) atoms. The molecule has 2 aliphatic heterocycles. The van der Waals surface area contributed by atoms with Crippen molar-refractivity contribution in [2.24, 2.45) is 0 Å². The summed E-state index contributed by atoms with van der Waals surface area (Å²) >= 11 is 0. The van der Waals surface area contributed by atoms with Gasteiger partial charge in [0.15, 0.2) is 0 Å². The zero-order chi connectivity index (χ0) is 30.3. The van der Waals surface area contributed by atoms with Crippen molar-refractivity contribution in [3.8, 4) is 0 Å². The monoisotopic (exact) mass is 759 g/mol. The van der Waals surface area contributed by atoms with Gasteiger partial charge in [0, 0.05) is 68.4 Å². The quantitative estimate of drug-likeness (QED) is 0.173. The maximum Gasteiger partial charge on any atom is 0.303 e. The number of rotatable bonds is 8. The largest absolute Gasteiger partial charge is 0.481 e. The van der Waals surface area contributed by atoms with E-state index in [-0.39, 0.29) is 35.2 Å². The van der Waals surface area contributed by atoms with Gasteiger partial charge in [-0.3, -0.25) is 9.59 Å². The summed E-state index contributed by atoms with van der Waals surface area (Å²) in [4.78, 5) is 40.0. The number of hydrogen-bond donors (Lipinski definition) is 4. The molecule has 5 rings (SSSR count).